The molecule has 8 N–H and O–H groups in total. The van der Waals surface area contributed by atoms with Crippen LogP contribution in [0.1, 0.15) is 82.9 Å². The van der Waals surface area contributed by atoms with Crippen LogP contribution in [0.25, 0.3) is 10.9 Å². The van der Waals surface area contributed by atoms with E-state index < -0.39 is 45.5 Å². The van der Waals surface area contributed by atoms with Crippen molar-refractivity contribution in [1.29, 1.82) is 0 Å². The van der Waals surface area contributed by atoms with Crippen molar-refractivity contribution < 1.29 is 29.6 Å². The Morgan fingerprint density at radius 1 is 1.22 bits per heavy atom. The average molecular weight is 754 g/mol. The number of aryl methyl sites for hydroxylation is 1. The number of carbonyl (C=O) groups is 2. The fourth-order valence-electron chi connectivity index (χ4n) is 12.2. The first-order valence-corrected chi connectivity index (χ1v) is 20.1. The predicted molar refractivity (Wildman–Crippen MR) is 212 cm³/mol. The van der Waals surface area contributed by atoms with Crippen molar-refractivity contribution in [3.63, 3.8) is 0 Å². The Labute approximate surface area is 324 Å². The number of para-hydroxylation sites is 1. The zero-order valence-electron chi connectivity index (χ0n) is 32.8. The molecule has 3 aliphatic heterocycles. The van der Waals surface area contributed by atoms with Gasteiger partial charge in [0.2, 0.25) is 0 Å². The number of allylic oxidation sites excluding steroid dienone is 3. The lowest BCUT2D eigenvalue weighted by atomic mass is 9.47. The van der Waals surface area contributed by atoms with Crippen molar-refractivity contribution in [3.05, 3.63) is 71.1 Å². The number of hydrogen-bond donors (Lipinski definition) is 6. The van der Waals surface area contributed by atoms with Crippen LogP contribution >= 0.6 is 0 Å². The standard InChI is InChI=1S/C44H59N5O6/c1-6-14-33-31(43-22-24-49-23-13-20-41(8-3,35(43)49)37(50)44(54,38(46)51)36(43)48(33)4)19-21-42(39(52)55-5)26-28(25-40(53,7-2)27-45)15-9-10-17-30-29-16-11-12-18-32(29)47-34(30)42/h1,11-14,16,18-20,28,35-37,47,50,53-54H,7-10,15,17,21-27,45H2,2-5H3,(H2,46,51)/b31-19+,33-14?/t28-,35?,36?,37-,40?,41-,42-,43-,44+/m1/s1. The number of methoxy groups -OCH3 is 1. The first-order valence-electron chi connectivity index (χ1n) is 20.1. The van der Waals surface area contributed by atoms with Gasteiger partial charge in [-0.15, -0.1) is 6.42 Å². The normalized spacial score (nSPS) is 37.0. The Bertz CT molecular complexity index is 1970. The van der Waals surface area contributed by atoms with Gasteiger partial charge in [0.05, 0.1) is 18.8 Å². The first kappa shape index (κ1) is 39.3. The van der Waals surface area contributed by atoms with Crippen molar-refractivity contribution >= 4 is 22.8 Å². The Morgan fingerprint density at radius 3 is 2.65 bits per heavy atom. The number of terminal acetylenes is 1. The van der Waals surface area contributed by atoms with Gasteiger partial charge in [-0.05, 0) is 81.0 Å². The molecule has 0 bridgehead atoms. The van der Waals surface area contributed by atoms with E-state index in [0.29, 0.717) is 50.9 Å². The number of nitrogens with zero attached hydrogens (tertiary/aromatic N) is 2. The van der Waals surface area contributed by atoms with E-state index in [1.807, 2.05) is 49.1 Å². The quantitative estimate of drug-likeness (QED) is 0.127. The van der Waals surface area contributed by atoms with Gasteiger partial charge in [-0.1, -0.05) is 69.0 Å². The second kappa shape index (κ2) is 14.2. The molecule has 2 aliphatic carbocycles. The maximum Gasteiger partial charge on any atom is 0.318 e. The van der Waals surface area contributed by atoms with Gasteiger partial charge in [0, 0.05) is 65.4 Å². The third-order valence-corrected chi connectivity index (χ3v) is 14.7. The molecular weight excluding hydrogens is 695 g/mol. The minimum Gasteiger partial charge on any atom is -0.468 e. The fraction of sp³-hybridized carbons (Fsp3) is 0.591. The Morgan fingerprint density at radius 2 is 1.98 bits per heavy atom. The fourth-order valence-corrected chi connectivity index (χ4v) is 12.2. The van der Waals surface area contributed by atoms with Crippen molar-refractivity contribution in [2.75, 3.05) is 33.8 Å². The summed E-state index contributed by atoms with van der Waals surface area (Å²) in [6.45, 7) is 5.35. The highest BCUT2D eigenvalue weighted by Gasteiger charge is 2.79. The van der Waals surface area contributed by atoms with Crippen LogP contribution in [0.5, 0.6) is 0 Å². The number of nitrogens with one attached hydrogen (secondary N) is 1. The van der Waals surface area contributed by atoms with E-state index in [0.717, 1.165) is 53.4 Å². The van der Waals surface area contributed by atoms with Gasteiger partial charge in [0.15, 0.2) is 5.60 Å². The van der Waals surface area contributed by atoms with Gasteiger partial charge < -0.3 is 41.4 Å². The lowest BCUT2D eigenvalue weighted by Crippen LogP contribution is -2.79. The monoisotopic (exact) mass is 753 g/mol. The third-order valence-electron chi connectivity index (χ3n) is 14.7. The maximum absolute atomic E-state index is 14.9. The number of ether oxygens (including phenoxy) is 1. The van der Waals surface area contributed by atoms with Crippen LogP contribution in [0.15, 0.2) is 59.8 Å². The third kappa shape index (κ3) is 5.50. The molecule has 55 heavy (non-hydrogen) atoms. The van der Waals surface area contributed by atoms with E-state index in [4.69, 9.17) is 22.6 Å². The summed E-state index contributed by atoms with van der Waals surface area (Å²) in [5, 5.41) is 37.6. The number of fused-ring (bicyclic) bond motifs is 3. The topological polar surface area (TPSA) is 178 Å². The number of aliphatic hydroxyl groups is 3. The van der Waals surface area contributed by atoms with Gasteiger partial charge in [0.1, 0.15) is 11.5 Å². The minimum atomic E-state index is -2.33. The zero-order chi connectivity index (χ0) is 39.6. The van der Waals surface area contributed by atoms with E-state index in [1.165, 1.54) is 7.11 Å². The van der Waals surface area contributed by atoms with Crippen molar-refractivity contribution in [1.82, 2.24) is 14.8 Å². The van der Waals surface area contributed by atoms with E-state index in [2.05, 4.69) is 27.9 Å². The summed E-state index contributed by atoms with van der Waals surface area (Å²) < 4.78 is 5.80. The molecule has 296 valence electrons. The zero-order valence-corrected chi connectivity index (χ0v) is 32.8. The molecule has 3 fully saturated rings. The number of likely N-dealkylation sites (N-methyl/N-ethyl adjacent to an activating group) is 1. The lowest BCUT2D eigenvalue weighted by molar-refractivity contribution is -0.220. The van der Waals surface area contributed by atoms with E-state index in [-0.39, 0.29) is 30.9 Å². The number of rotatable bonds is 9. The molecule has 1 aromatic carbocycles. The molecule has 1 saturated carbocycles. The average Bonchev–Trinajstić information content (AvgIpc) is 3.84. The number of H-pyrrole nitrogens is 1. The number of esters is 1. The van der Waals surface area contributed by atoms with Crippen molar-refractivity contribution in [2.45, 2.75) is 113 Å². The van der Waals surface area contributed by atoms with Crippen LogP contribution in [0, 0.1) is 29.1 Å². The van der Waals surface area contributed by atoms with Gasteiger partial charge in [0.25, 0.3) is 5.91 Å². The summed E-state index contributed by atoms with van der Waals surface area (Å²) >= 11 is 0. The highest BCUT2D eigenvalue weighted by atomic mass is 16.5. The second-order valence-corrected chi connectivity index (χ2v) is 17.1. The van der Waals surface area contributed by atoms with Crippen LogP contribution in [-0.2, 0) is 26.2 Å². The molecular formula is C44H59N5O6. The Balaban J connectivity index is 1.50. The van der Waals surface area contributed by atoms with Crippen molar-refractivity contribution in [3.8, 4) is 12.3 Å². The molecule has 11 heteroatoms. The predicted octanol–water partition coefficient (Wildman–Crippen LogP) is 3.57. The van der Waals surface area contributed by atoms with Crippen LogP contribution in [0.4, 0.5) is 0 Å². The number of primary amides is 1. The van der Waals surface area contributed by atoms with Crippen LogP contribution in [0.2, 0.25) is 0 Å². The van der Waals surface area contributed by atoms with Gasteiger partial charge in [-0.3, -0.25) is 14.5 Å². The van der Waals surface area contributed by atoms with Crippen LogP contribution in [-0.4, -0.2) is 105 Å². The van der Waals surface area contributed by atoms with E-state index in [1.54, 1.807) is 13.1 Å². The number of aromatic nitrogens is 1. The van der Waals surface area contributed by atoms with Crippen LogP contribution < -0.4 is 11.5 Å². The summed E-state index contributed by atoms with van der Waals surface area (Å²) in [7, 11) is 3.23. The molecule has 11 nitrogen and oxygen atoms in total. The Hall–Kier alpha value is -3.92. The molecule has 9 atom stereocenters. The molecule has 2 aromatic rings. The number of amides is 1. The lowest BCUT2D eigenvalue weighted by Gasteiger charge is -2.63. The number of benzene rings is 1. The largest absolute Gasteiger partial charge is 0.468 e. The number of carbonyl (C=O) groups excluding carboxylic acids is 2. The molecule has 1 spiro atoms. The summed E-state index contributed by atoms with van der Waals surface area (Å²) in [6, 6.07) is 6.89. The maximum atomic E-state index is 14.9. The molecule has 3 unspecified atom stereocenters. The number of likely N-dealkylation sites (tertiary alicyclic amines) is 1. The smallest absolute Gasteiger partial charge is 0.318 e. The number of nitrogens with two attached hydrogens (primary N) is 2. The summed E-state index contributed by atoms with van der Waals surface area (Å²) in [5.74, 6) is 1.28. The van der Waals surface area contributed by atoms with Crippen molar-refractivity contribution in [2.24, 2.45) is 28.2 Å². The molecule has 1 aromatic heterocycles. The highest BCUT2D eigenvalue weighted by Crippen LogP contribution is 2.68. The van der Waals surface area contributed by atoms with Gasteiger partial charge in [-0.25, -0.2) is 0 Å². The van der Waals surface area contributed by atoms with Crippen LogP contribution in [0.3, 0.4) is 0 Å². The van der Waals surface area contributed by atoms with E-state index in [9.17, 15) is 24.9 Å². The molecule has 7 rings (SSSR count). The second-order valence-electron chi connectivity index (χ2n) is 17.1. The Kier molecular flexibility index (Phi) is 10.2. The van der Waals surface area contributed by atoms with E-state index >= 15 is 0 Å². The summed E-state index contributed by atoms with van der Waals surface area (Å²) in [4.78, 5) is 36.4. The van der Waals surface area contributed by atoms with Gasteiger partial charge in [-0.2, -0.15) is 0 Å². The summed E-state index contributed by atoms with van der Waals surface area (Å²) in [6.07, 6.45) is 18.3. The number of hydrogen-bond acceptors (Lipinski definition) is 9. The SMILES string of the molecule is C#CC=C1/C(=C\C[C@@]2(C(=O)OC)C[C@@H](CC(O)(CC)CN)CCCCc3c2[nH]c2ccccc32)[C@]23CCN4CC=C[C@](CC)(C42)[C@@H](O)[C@](O)(C(N)=O)C3N1C. The molecule has 0 radical (unpaired) electrons. The molecule has 2 saturated heterocycles. The number of aliphatic hydroxyl groups excluding tert-OH is 1. The number of aromatic amines is 1. The first-order chi connectivity index (χ1) is 26.3. The molecule has 4 heterocycles. The molecule has 1 amide bonds. The minimum absolute atomic E-state index is 0.0655. The highest BCUT2D eigenvalue weighted by molar-refractivity contribution is 5.91. The molecule has 5 aliphatic rings. The van der Waals surface area contributed by atoms with Gasteiger partial charge >= 0.3 is 5.97 Å². The summed E-state index contributed by atoms with van der Waals surface area (Å²) in [5.41, 5.74) is 10.1.